The second-order valence-corrected chi connectivity index (χ2v) is 5.49. The van der Waals surface area contributed by atoms with Gasteiger partial charge in [-0.1, -0.05) is 24.6 Å². The highest BCUT2D eigenvalue weighted by atomic mass is 32.2. The van der Waals surface area contributed by atoms with Gasteiger partial charge in [0.05, 0.1) is 11.0 Å². The number of aliphatic hydroxyl groups is 1. The molecular weight excluding hydrogens is 226 g/mol. The monoisotopic (exact) mass is 243 g/mol. The first-order valence-electron chi connectivity index (χ1n) is 5.20. The molecule has 0 saturated heterocycles. The Balaban J connectivity index is 2.74. The van der Waals surface area contributed by atoms with Crippen molar-refractivity contribution < 1.29 is 13.5 Å². The number of aryl methyl sites for hydroxylation is 1. The summed E-state index contributed by atoms with van der Waals surface area (Å²) in [6, 6.07) is 6.58. The first-order valence-corrected chi connectivity index (χ1v) is 6.68. The SMILES string of the molecule is CC[C@@H](O)CNS(=O)(=O)c1ccc(C)cc1. The maximum atomic E-state index is 11.7. The van der Waals surface area contributed by atoms with Crippen LogP contribution in [0.1, 0.15) is 18.9 Å². The van der Waals surface area contributed by atoms with Gasteiger partial charge in [0.25, 0.3) is 0 Å². The van der Waals surface area contributed by atoms with Crippen LogP contribution in [0.4, 0.5) is 0 Å². The van der Waals surface area contributed by atoms with Crippen molar-refractivity contribution in [2.75, 3.05) is 6.54 Å². The number of nitrogens with one attached hydrogen (secondary N) is 1. The molecule has 0 radical (unpaired) electrons. The number of hydrogen-bond acceptors (Lipinski definition) is 3. The molecule has 0 amide bonds. The standard InChI is InChI=1S/C11H17NO3S/c1-3-10(13)8-12-16(14,15)11-6-4-9(2)5-7-11/h4-7,10,12-13H,3,8H2,1-2H3/t10-/m1/s1. The van der Waals surface area contributed by atoms with Crippen LogP contribution in [0.15, 0.2) is 29.2 Å². The summed E-state index contributed by atoms with van der Waals surface area (Å²) in [4.78, 5) is 0.224. The van der Waals surface area contributed by atoms with Gasteiger partial charge >= 0.3 is 0 Å². The molecule has 0 aliphatic carbocycles. The summed E-state index contributed by atoms with van der Waals surface area (Å²) < 4.78 is 25.9. The van der Waals surface area contributed by atoms with E-state index in [0.717, 1.165) is 5.56 Å². The van der Waals surface area contributed by atoms with Crippen LogP contribution in [-0.2, 0) is 10.0 Å². The summed E-state index contributed by atoms with van der Waals surface area (Å²) in [6.07, 6.45) is -0.114. The van der Waals surface area contributed by atoms with Gasteiger partial charge in [0, 0.05) is 6.54 Å². The third-order valence-corrected chi connectivity index (χ3v) is 3.75. The van der Waals surface area contributed by atoms with Crippen molar-refractivity contribution in [2.45, 2.75) is 31.3 Å². The first-order chi connectivity index (χ1) is 7.45. The first kappa shape index (κ1) is 13.2. The van der Waals surface area contributed by atoms with Crippen molar-refractivity contribution in [1.82, 2.24) is 4.72 Å². The quantitative estimate of drug-likeness (QED) is 0.812. The third kappa shape index (κ3) is 3.59. The molecule has 1 aromatic rings. The Labute approximate surface area is 96.4 Å². The number of hydrogen-bond donors (Lipinski definition) is 2. The molecule has 0 aliphatic heterocycles. The number of aliphatic hydroxyl groups excluding tert-OH is 1. The van der Waals surface area contributed by atoms with Gasteiger partial charge in [-0.2, -0.15) is 0 Å². The van der Waals surface area contributed by atoms with E-state index >= 15 is 0 Å². The molecule has 4 nitrogen and oxygen atoms in total. The lowest BCUT2D eigenvalue weighted by Gasteiger charge is -2.10. The Morgan fingerprint density at radius 3 is 2.38 bits per heavy atom. The highest BCUT2D eigenvalue weighted by Crippen LogP contribution is 2.09. The number of benzene rings is 1. The van der Waals surface area contributed by atoms with Crippen molar-refractivity contribution >= 4 is 10.0 Å². The van der Waals surface area contributed by atoms with Crippen LogP contribution in [0, 0.1) is 6.92 Å². The average Bonchev–Trinajstić information content (AvgIpc) is 2.26. The van der Waals surface area contributed by atoms with Crippen LogP contribution < -0.4 is 4.72 Å². The van der Waals surface area contributed by atoms with Crippen molar-refractivity contribution in [3.8, 4) is 0 Å². The van der Waals surface area contributed by atoms with Crippen LogP contribution in [0.5, 0.6) is 0 Å². The summed E-state index contributed by atoms with van der Waals surface area (Å²) in [7, 11) is -3.49. The zero-order valence-corrected chi connectivity index (χ0v) is 10.3. The summed E-state index contributed by atoms with van der Waals surface area (Å²) in [5.41, 5.74) is 1.01. The van der Waals surface area contributed by atoms with Crippen LogP contribution in [-0.4, -0.2) is 26.2 Å². The van der Waals surface area contributed by atoms with Crippen LogP contribution >= 0.6 is 0 Å². The second kappa shape index (κ2) is 5.43. The van der Waals surface area contributed by atoms with Gasteiger partial charge in [-0.15, -0.1) is 0 Å². The lowest BCUT2D eigenvalue weighted by molar-refractivity contribution is 0.174. The third-order valence-electron chi connectivity index (χ3n) is 2.31. The molecule has 2 N–H and O–H groups in total. The highest BCUT2D eigenvalue weighted by molar-refractivity contribution is 7.89. The van der Waals surface area contributed by atoms with E-state index in [-0.39, 0.29) is 11.4 Å². The molecule has 1 aromatic carbocycles. The van der Waals surface area contributed by atoms with Crippen molar-refractivity contribution in [1.29, 1.82) is 0 Å². The largest absolute Gasteiger partial charge is 0.392 e. The van der Waals surface area contributed by atoms with E-state index in [0.29, 0.717) is 6.42 Å². The summed E-state index contributed by atoms with van der Waals surface area (Å²) in [5.74, 6) is 0. The fourth-order valence-electron chi connectivity index (χ4n) is 1.15. The Morgan fingerprint density at radius 2 is 1.88 bits per heavy atom. The van der Waals surface area contributed by atoms with E-state index in [2.05, 4.69) is 4.72 Å². The van der Waals surface area contributed by atoms with E-state index in [9.17, 15) is 13.5 Å². The molecular formula is C11H17NO3S. The molecule has 0 unspecified atom stereocenters. The zero-order valence-electron chi connectivity index (χ0n) is 9.47. The second-order valence-electron chi connectivity index (χ2n) is 3.73. The van der Waals surface area contributed by atoms with E-state index in [1.54, 1.807) is 31.2 Å². The molecule has 16 heavy (non-hydrogen) atoms. The maximum absolute atomic E-state index is 11.7. The Bertz CT molecular complexity index is 425. The minimum absolute atomic E-state index is 0.0483. The van der Waals surface area contributed by atoms with E-state index in [1.807, 2.05) is 6.92 Å². The maximum Gasteiger partial charge on any atom is 0.240 e. The minimum atomic E-state index is -3.49. The molecule has 0 spiro atoms. The smallest absolute Gasteiger partial charge is 0.240 e. The molecule has 1 atom stereocenters. The Morgan fingerprint density at radius 1 is 1.31 bits per heavy atom. The summed E-state index contributed by atoms with van der Waals surface area (Å²) in [6.45, 7) is 3.74. The Hall–Kier alpha value is -0.910. The number of rotatable bonds is 5. The van der Waals surface area contributed by atoms with Gasteiger partial charge in [-0.25, -0.2) is 13.1 Å². The number of sulfonamides is 1. The molecule has 0 heterocycles. The van der Waals surface area contributed by atoms with Crippen molar-refractivity contribution in [3.05, 3.63) is 29.8 Å². The lowest BCUT2D eigenvalue weighted by Crippen LogP contribution is -2.31. The molecule has 0 saturated carbocycles. The van der Waals surface area contributed by atoms with Gasteiger partial charge in [-0.3, -0.25) is 0 Å². The molecule has 0 bridgehead atoms. The molecule has 0 fully saturated rings. The normalized spacial score (nSPS) is 13.7. The fraction of sp³-hybridized carbons (Fsp3) is 0.455. The molecule has 0 aromatic heterocycles. The fourth-order valence-corrected chi connectivity index (χ4v) is 2.22. The topological polar surface area (TPSA) is 66.4 Å². The van der Waals surface area contributed by atoms with Gasteiger partial charge in [0.15, 0.2) is 0 Å². The Kier molecular flexibility index (Phi) is 4.46. The molecule has 5 heteroatoms. The summed E-state index contributed by atoms with van der Waals surface area (Å²) >= 11 is 0. The highest BCUT2D eigenvalue weighted by Gasteiger charge is 2.14. The van der Waals surface area contributed by atoms with E-state index in [4.69, 9.17) is 0 Å². The summed E-state index contributed by atoms with van der Waals surface area (Å²) in [5, 5.41) is 9.29. The van der Waals surface area contributed by atoms with Gasteiger partial charge < -0.3 is 5.11 Å². The molecule has 90 valence electrons. The lowest BCUT2D eigenvalue weighted by atomic mass is 10.2. The van der Waals surface area contributed by atoms with Crippen molar-refractivity contribution in [3.63, 3.8) is 0 Å². The van der Waals surface area contributed by atoms with Crippen molar-refractivity contribution in [2.24, 2.45) is 0 Å². The predicted octanol–water partition coefficient (Wildman–Crippen LogP) is 1.04. The van der Waals surface area contributed by atoms with Crippen LogP contribution in [0.25, 0.3) is 0 Å². The van der Waals surface area contributed by atoms with Crippen LogP contribution in [0.3, 0.4) is 0 Å². The predicted molar refractivity (Wildman–Crippen MR) is 62.7 cm³/mol. The zero-order chi connectivity index (χ0) is 12.2. The van der Waals surface area contributed by atoms with E-state index < -0.39 is 16.1 Å². The van der Waals surface area contributed by atoms with Gasteiger partial charge in [0.2, 0.25) is 10.0 Å². The molecule has 0 aliphatic rings. The van der Waals surface area contributed by atoms with Gasteiger partial charge in [-0.05, 0) is 25.5 Å². The van der Waals surface area contributed by atoms with Crippen LogP contribution in [0.2, 0.25) is 0 Å². The minimum Gasteiger partial charge on any atom is -0.392 e. The van der Waals surface area contributed by atoms with Gasteiger partial charge in [0.1, 0.15) is 0 Å². The molecule has 1 rings (SSSR count). The average molecular weight is 243 g/mol. The van der Waals surface area contributed by atoms with E-state index in [1.165, 1.54) is 0 Å².